The number of benzene rings is 1. The van der Waals surface area contributed by atoms with Crippen LogP contribution in [-0.2, 0) is 9.53 Å². The summed E-state index contributed by atoms with van der Waals surface area (Å²) < 4.78 is 5.40. The van der Waals surface area contributed by atoms with Crippen molar-refractivity contribution in [3.05, 3.63) is 35.9 Å². The fraction of sp³-hybridized carbons (Fsp3) is 0.467. The van der Waals surface area contributed by atoms with E-state index in [1.165, 1.54) is 0 Å². The Labute approximate surface area is 119 Å². The Morgan fingerprint density at radius 2 is 2.11 bits per heavy atom. The van der Waals surface area contributed by atoms with Gasteiger partial charge in [0.05, 0.1) is 6.04 Å². The standard InChI is InChI=1S/C15H19NO2S/c1-2-3-5-10-14(17)16-13(11-18-15(16)19)12-8-6-4-7-9-12/h4,6-9,13H,2-3,5,10-11H2,1H3/t13-/m0/s1. The van der Waals surface area contributed by atoms with E-state index >= 15 is 0 Å². The highest BCUT2D eigenvalue weighted by molar-refractivity contribution is 7.80. The summed E-state index contributed by atoms with van der Waals surface area (Å²) in [5.41, 5.74) is 1.08. The van der Waals surface area contributed by atoms with E-state index in [2.05, 4.69) is 6.92 Å². The molecule has 0 bridgehead atoms. The quantitative estimate of drug-likeness (QED) is 0.610. The van der Waals surface area contributed by atoms with Crippen molar-refractivity contribution < 1.29 is 9.53 Å². The molecule has 0 aromatic heterocycles. The van der Waals surface area contributed by atoms with Gasteiger partial charge in [0.15, 0.2) is 0 Å². The first-order valence-electron chi connectivity index (χ1n) is 6.77. The number of carbonyl (C=O) groups excluding carboxylic acids is 1. The second kappa shape index (κ2) is 6.66. The van der Waals surface area contributed by atoms with Crippen LogP contribution in [0.2, 0.25) is 0 Å². The van der Waals surface area contributed by atoms with Crippen molar-refractivity contribution in [2.45, 2.75) is 38.6 Å². The van der Waals surface area contributed by atoms with Gasteiger partial charge in [0.25, 0.3) is 5.17 Å². The van der Waals surface area contributed by atoms with Crippen molar-refractivity contribution in [1.82, 2.24) is 4.90 Å². The fourth-order valence-corrected chi connectivity index (χ4v) is 2.56. The third-order valence-corrected chi connectivity index (χ3v) is 3.63. The number of hydrogen-bond acceptors (Lipinski definition) is 3. The lowest BCUT2D eigenvalue weighted by Crippen LogP contribution is -2.33. The molecule has 1 saturated heterocycles. The maximum Gasteiger partial charge on any atom is 0.266 e. The predicted molar refractivity (Wildman–Crippen MR) is 78.7 cm³/mol. The van der Waals surface area contributed by atoms with Gasteiger partial charge in [-0.2, -0.15) is 0 Å². The van der Waals surface area contributed by atoms with Gasteiger partial charge in [-0.25, -0.2) is 0 Å². The summed E-state index contributed by atoms with van der Waals surface area (Å²) in [6.45, 7) is 2.59. The summed E-state index contributed by atoms with van der Waals surface area (Å²) in [5.74, 6) is 0.0739. The molecule has 1 aromatic carbocycles. The number of hydrogen-bond donors (Lipinski definition) is 0. The van der Waals surface area contributed by atoms with Crippen LogP contribution in [-0.4, -0.2) is 22.6 Å². The zero-order chi connectivity index (χ0) is 13.7. The molecule has 19 heavy (non-hydrogen) atoms. The lowest BCUT2D eigenvalue weighted by molar-refractivity contribution is -0.128. The summed E-state index contributed by atoms with van der Waals surface area (Å²) in [7, 11) is 0. The summed E-state index contributed by atoms with van der Waals surface area (Å²) in [5, 5.41) is 0.315. The van der Waals surface area contributed by atoms with Crippen LogP contribution in [0.15, 0.2) is 30.3 Å². The molecular formula is C15H19NO2S. The Morgan fingerprint density at radius 3 is 2.79 bits per heavy atom. The minimum Gasteiger partial charge on any atom is -0.468 e. The molecule has 0 spiro atoms. The zero-order valence-corrected chi connectivity index (χ0v) is 12.0. The molecule has 102 valence electrons. The highest BCUT2D eigenvalue weighted by Crippen LogP contribution is 2.28. The Hall–Kier alpha value is -1.42. The topological polar surface area (TPSA) is 29.5 Å². The number of ether oxygens (including phenoxy) is 1. The lowest BCUT2D eigenvalue weighted by atomic mass is 10.1. The molecule has 3 nitrogen and oxygen atoms in total. The van der Waals surface area contributed by atoms with Gasteiger partial charge in [-0.3, -0.25) is 9.69 Å². The largest absolute Gasteiger partial charge is 0.468 e. The van der Waals surface area contributed by atoms with Gasteiger partial charge in [-0.15, -0.1) is 0 Å². The molecule has 1 amide bonds. The second-order valence-electron chi connectivity index (χ2n) is 4.72. The van der Waals surface area contributed by atoms with E-state index in [1.807, 2.05) is 30.3 Å². The van der Waals surface area contributed by atoms with Crippen LogP contribution >= 0.6 is 12.2 Å². The maximum absolute atomic E-state index is 12.3. The number of amides is 1. The summed E-state index contributed by atoms with van der Waals surface area (Å²) in [6, 6.07) is 9.85. The normalized spacial score (nSPS) is 18.5. The van der Waals surface area contributed by atoms with Gasteiger partial charge in [0, 0.05) is 6.42 Å². The lowest BCUT2D eigenvalue weighted by Gasteiger charge is -2.21. The van der Waals surface area contributed by atoms with Crippen LogP contribution in [0.1, 0.15) is 44.2 Å². The molecule has 0 aliphatic carbocycles. The average molecular weight is 277 g/mol. The summed E-state index contributed by atoms with van der Waals surface area (Å²) >= 11 is 5.16. The van der Waals surface area contributed by atoms with Crippen molar-refractivity contribution in [2.75, 3.05) is 6.61 Å². The molecule has 1 heterocycles. The van der Waals surface area contributed by atoms with E-state index in [9.17, 15) is 4.79 Å². The van der Waals surface area contributed by atoms with Crippen molar-refractivity contribution in [3.8, 4) is 0 Å². The Kier molecular flexibility index (Phi) is 4.91. The van der Waals surface area contributed by atoms with E-state index in [-0.39, 0.29) is 11.9 Å². The Bertz CT molecular complexity index is 447. The van der Waals surface area contributed by atoms with Crippen LogP contribution in [0.4, 0.5) is 0 Å². The van der Waals surface area contributed by atoms with Gasteiger partial charge in [-0.05, 0) is 24.2 Å². The van der Waals surface area contributed by atoms with Gasteiger partial charge in [-0.1, -0.05) is 50.1 Å². The molecule has 0 N–H and O–H groups in total. The van der Waals surface area contributed by atoms with E-state index in [4.69, 9.17) is 17.0 Å². The molecule has 1 atom stereocenters. The third-order valence-electron chi connectivity index (χ3n) is 3.32. The summed E-state index contributed by atoms with van der Waals surface area (Å²) in [6.07, 6.45) is 3.64. The van der Waals surface area contributed by atoms with Crippen LogP contribution in [0.3, 0.4) is 0 Å². The second-order valence-corrected chi connectivity index (χ2v) is 5.07. The van der Waals surface area contributed by atoms with E-state index < -0.39 is 0 Å². The molecule has 1 aromatic rings. The van der Waals surface area contributed by atoms with E-state index in [0.717, 1.165) is 24.8 Å². The van der Waals surface area contributed by atoms with Crippen molar-refractivity contribution in [3.63, 3.8) is 0 Å². The first-order chi connectivity index (χ1) is 9.24. The molecule has 1 aliphatic rings. The number of nitrogens with zero attached hydrogens (tertiary/aromatic N) is 1. The van der Waals surface area contributed by atoms with E-state index in [1.54, 1.807) is 4.90 Å². The maximum atomic E-state index is 12.3. The number of thiocarbonyl (C=S) groups is 1. The van der Waals surface area contributed by atoms with Gasteiger partial charge in [0.1, 0.15) is 6.61 Å². The van der Waals surface area contributed by atoms with Gasteiger partial charge >= 0.3 is 0 Å². The third kappa shape index (κ3) is 3.32. The van der Waals surface area contributed by atoms with Crippen LogP contribution in [0.5, 0.6) is 0 Å². The Balaban J connectivity index is 2.07. The highest BCUT2D eigenvalue weighted by Gasteiger charge is 2.35. The molecule has 2 rings (SSSR count). The molecular weight excluding hydrogens is 258 g/mol. The molecule has 0 saturated carbocycles. The molecule has 0 radical (unpaired) electrons. The zero-order valence-electron chi connectivity index (χ0n) is 11.2. The summed E-state index contributed by atoms with van der Waals surface area (Å²) in [4.78, 5) is 13.9. The van der Waals surface area contributed by atoms with E-state index in [0.29, 0.717) is 18.2 Å². The monoisotopic (exact) mass is 277 g/mol. The van der Waals surface area contributed by atoms with Crippen LogP contribution < -0.4 is 0 Å². The number of carbonyl (C=O) groups is 1. The number of unbranched alkanes of at least 4 members (excludes halogenated alkanes) is 2. The first kappa shape index (κ1) is 14.0. The molecule has 4 heteroatoms. The minimum atomic E-state index is -0.0668. The van der Waals surface area contributed by atoms with Crippen LogP contribution in [0, 0.1) is 0 Å². The SMILES string of the molecule is CCCCCC(=O)N1C(=S)OC[C@H]1c1ccccc1. The fourth-order valence-electron chi connectivity index (χ4n) is 2.26. The van der Waals surface area contributed by atoms with Gasteiger partial charge in [0.2, 0.25) is 5.91 Å². The molecule has 1 aliphatic heterocycles. The minimum absolute atomic E-state index is 0.0668. The van der Waals surface area contributed by atoms with Crippen molar-refractivity contribution in [2.24, 2.45) is 0 Å². The Morgan fingerprint density at radius 1 is 1.37 bits per heavy atom. The number of rotatable bonds is 5. The smallest absolute Gasteiger partial charge is 0.266 e. The van der Waals surface area contributed by atoms with Crippen LogP contribution in [0.25, 0.3) is 0 Å². The molecule has 1 fully saturated rings. The van der Waals surface area contributed by atoms with Gasteiger partial charge < -0.3 is 4.74 Å². The molecule has 0 unspecified atom stereocenters. The highest BCUT2D eigenvalue weighted by atomic mass is 32.1. The first-order valence-corrected chi connectivity index (χ1v) is 7.18. The average Bonchev–Trinajstić information content (AvgIpc) is 2.82. The predicted octanol–water partition coefficient (Wildman–Crippen LogP) is 3.45. The van der Waals surface area contributed by atoms with Crippen molar-refractivity contribution >= 4 is 23.3 Å². The van der Waals surface area contributed by atoms with Crippen molar-refractivity contribution in [1.29, 1.82) is 0 Å².